The van der Waals surface area contributed by atoms with E-state index in [-0.39, 0.29) is 17.0 Å². The molecule has 1 amide bonds. The molecule has 1 aromatic carbocycles. The van der Waals surface area contributed by atoms with E-state index in [1.165, 1.54) is 29.2 Å². The Morgan fingerprint density at radius 1 is 1.50 bits per heavy atom. The van der Waals surface area contributed by atoms with E-state index in [1.54, 1.807) is 26.0 Å². The summed E-state index contributed by atoms with van der Waals surface area (Å²) in [4.78, 5) is 12.0. The number of carbonyl (C=O) groups excluding carboxylic acids is 1. The number of nitrogens with two attached hydrogens (primary N) is 1. The van der Waals surface area contributed by atoms with Gasteiger partial charge in [-0.05, 0) is 31.5 Å². The van der Waals surface area contributed by atoms with E-state index in [2.05, 4.69) is 15.5 Å². The lowest BCUT2D eigenvalue weighted by Gasteiger charge is -2.10. The summed E-state index contributed by atoms with van der Waals surface area (Å²) >= 11 is 2.48. The van der Waals surface area contributed by atoms with Crippen LogP contribution in [0.1, 0.15) is 12.5 Å². The van der Waals surface area contributed by atoms with Crippen molar-refractivity contribution in [2.24, 2.45) is 0 Å². The Morgan fingerprint density at radius 3 is 2.85 bits per heavy atom. The van der Waals surface area contributed by atoms with Gasteiger partial charge in [0, 0.05) is 5.69 Å². The maximum Gasteiger partial charge on any atom is 0.237 e. The first-order valence-corrected chi connectivity index (χ1v) is 7.48. The number of carbonyl (C=O) groups is 1. The van der Waals surface area contributed by atoms with Crippen LogP contribution in [0.3, 0.4) is 0 Å². The van der Waals surface area contributed by atoms with Gasteiger partial charge >= 0.3 is 0 Å². The monoisotopic (exact) mass is 312 g/mol. The third-order valence-electron chi connectivity index (χ3n) is 2.51. The summed E-state index contributed by atoms with van der Waals surface area (Å²) in [5.74, 6) is -0.577. The zero-order chi connectivity index (χ0) is 14.7. The van der Waals surface area contributed by atoms with Gasteiger partial charge in [-0.15, -0.1) is 10.2 Å². The Kier molecular flexibility index (Phi) is 4.56. The molecule has 0 saturated carbocycles. The van der Waals surface area contributed by atoms with Crippen molar-refractivity contribution in [3.8, 4) is 0 Å². The van der Waals surface area contributed by atoms with Crippen molar-refractivity contribution in [1.29, 1.82) is 0 Å². The molecule has 0 aliphatic heterocycles. The minimum atomic E-state index is -0.383. The molecule has 5 nitrogen and oxygen atoms in total. The van der Waals surface area contributed by atoms with Crippen LogP contribution in [-0.4, -0.2) is 21.4 Å². The lowest BCUT2D eigenvalue weighted by atomic mass is 10.2. The Bertz CT molecular complexity index is 632. The molecule has 2 aromatic rings. The topological polar surface area (TPSA) is 80.9 Å². The van der Waals surface area contributed by atoms with E-state index in [9.17, 15) is 9.18 Å². The van der Waals surface area contributed by atoms with E-state index in [0.717, 1.165) is 0 Å². The van der Waals surface area contributed by atoms with Gasteiger partial charge in [0.1, 0.15) is 5.82 Å². The molecular weight excluding hydrogens is 299 g/mol. The summed E-state index contributed by atoms with van der Waals surface area (Å²) < 4.78 is 14.0. The minimum absolute atomic E-state index is 0.230. The maximum absolute atomic E-state index is 13.4. The second-order valence-corrected chi connectivity index (χ2v) is 6.72. The van der Waals surface area contributed by atoms with Crippen molar-refractivity contribution in [2.45, 2.75) is 23.4 Å². The lowest BCUT2D eigenvalue weighted by Crippen LogP contribution is -2.22. The van der Waals surface area contributed by atoms with Crippen LogP contribution in [-0.2, 0) is 4.79 Å². The van der Waals surface area contributed by atoms with Gasteiger partial charge in [0.05, 0.1) is 5.25 Å². The van der Waals surface area contributed by atoms with Crippen molar-refractivity contribution in [3.63, 3.8) is 0 Å². The summed E-state index contributed by atoms with van der Waals surface area (Å²) in [6, 6.07) is 4.58. The number of nitrogens with one attached hydrogen (secondary N) is 1. The fraction of sp³-hybridized carbons (Fsp3) is 0.250. The molecule has 1 aromatic heterocycles. The van der Waals surface area contributed by atoms with Crippen molar-refractivity contribution < 1.29 is 9.18 Å². The zero-order valence-electron chi connectivity index (χ0n) is 10.9. The van der Waals surface area contributed by atoms with Crippen LogP contribution in [0.5, 0.6) is 0 Å². The minimum Gasteiger partial charge on any atom is -0.374 e. The number of aryl methyl sites for hydroxylation is 1. The highest BCUT2D eigenvalue weighted by molar-refractivity contribution is 8.02. The van der Waals surface area contributed by atoms with Gasteiger partial charge in [-0.2, -0.15) is 0 Å². The standard InChI is InChI=1S/C12H13FN4OS2/c1-6-3-4-8(5-9(6)13)15-10(18)7(2)19-12-17-16-11(14)20-12/h3-5,7H,1-2H3,(H2,14,16)(H,15,18)/t7-/m1/s1. The number of nitrogens with zero attached hydrogens (tertiary/aromatic N) is 2. The molecule has 20 heavy (non-hydrogen) atoms. The van der Waals surface area contributed by atoms with Crippen molar-refractivity contribution in [3.05, 3.63) is 29.6 Å². The van der Waals surface area contributed by atoms with Gasteiger partial charge in [0.2, 0.25) is 11.0 Å². The highest BCUT2D eigenvalue weighted by atomic mass is 32.2. The number of rotatable bonds is 4. The second-order valence-electron chi connectivity index (χ2n) is 4.12. The average Bonchev–Trinajstić information content (AvgIpc) is 2.79. The maximum atomic E-state index is 13.4. The molecule has 0 fully saturated rings. The number of hydrogen-bond acceptors (Lipinski definition) is 6. The first-order valence-electron chi connectivity index (χ1n) is 5.78. The molecule has 1 heterocycles. The Morgan fingerprint density at radius 2 is 2.25 bits per heavy atom. The number of nitrogen functional groups attached to an aromatic ring is 1. The lowest BCUT2D eigenvalue weighted by molar-refractivity contribution is -0.115. The smallest absolute Gasteiger partial charge is 0.237 e. The summed E-state index contributed by atoms with van der Waals surface area (Å²) in [6.45, 7) is 3.40. The second kappa shape index (κ2) is 6.19. The Labute approximate surface area is 123 Å². The summed E-state index contributed by atoms with van der Waals surface area (Å²) in [7, 11) is 0. The van der Waals surface area contributed by atoms with E-state index in [1.807, 2.05) is 0 Å². The SMILES string of the molecule is Cc1ccc(NC(=O)[C@@H](C)Sc2nnc(N)s2)cc1F. The van der Waals surface area contributed by atoms with Gasteiger partial charge in [0.15, 0.2) is 4.34 Å². The predicted octanol–water partition coefficient (Wildman–Crippen LogP) is 2.69. The Balaban J connectivity index is 1.98. The molecule has 3 N–H and O–H groups in total. The van der Waals surface area contributed by atoms with E-state index in [0.29, 0.717) is 20.7 Å². The molecule has 0 unspecified atom stereocenters. The number of aromatic nitrogens is 2. The summed E-state index contributed by atoms with van der Waals surface area (Å²) in [5.41, 5.74) is 6.44. The molecule has 2 rings (SSSR count). The van der Waals surface area contributed by atoms with Crippen LogP contribution in [0.2, 0.25) is 0 Å². The molecule has 0 radical (unpaired) electrons. The molecular formula is C12H13FN4OS2. The van der Waals surface area contributed by atoms with Gasteiger partial charge in [0.25, 0.3) is 0 Å². The first-order chi connectivity index (χ1) is 9.45. The van der Waals surface area contributed by atoms with Gasteiger partial charge < -0.3 is 11.1 Å². The van der Waals surface area contributed by atoms with Crippen LogP contribution in [0.4, 0.5) is 15.2 Å². The number of thioether (sulfide) groups is 1. The predicted molar refractivity (Wildman–Crippen MR) is 79.4 cm³/mol. The molecule has 0 saturated heterocycles. The number of halogens is 1. The number of amides is 1. The van der Waals surface area contributed by atoms with Gasteiger partial charge in [-0.25, -0.2) is 4.39 Å². The van der Waals surface area contributed by atoms with Crippen molar-refractivity contribution in [2.75, 3.05) is 11.1 Å². The molecule has 0 bridgehead atoms. The summed E-state index contributed by atoms with van der Waals surface area (Å²) in [5, 5.41) is 10.2. The van der Waals surface area contributed by atoms with Gasteiger partial charge in [-0.3, -0.25) is 4.79 Å². The first kappa shape index (κ1) is 14.7. The molecule has 8 heteroatoms. The van der Waals surface area contributed by atoms with Crippen LogP contribution in [0, 0.1) is 12.7 Å². The molecule has 106 valence electrons. The normalized spacial score (nSPS) is 12.2. The fourth-order valence-electron chi connectivity index (χ4n) is 1.39. The number of hydrogen-bond donors (Lipinski definition) is 2. The van der Waals surface area contributed by atoms with Gasteiger partial charge in [-0.1, -0.05) is 29.2 Å². The van der Waals surface area contributed by atoms with Crippen LogP contribution < -0.4 is 11.1 Å². The molecule has 1 atom stereocenters. The van der Waals surface area contributed by atoms with Crippen LogP contribution in [0.25, 0.3) is 0 Å². The molecule has 0 aliphatic carbocycles. The molecule has 0 aliphatic rings. The van der Waals surface area contributed by atoms with Crippen molar-refractivity contribution >= 4 is 39.8 Å². The zero-order valence-corrected chi connectivity index (χ0v) is 12.5. The van der Waals surface area contributed by atoms with Crippen LogP contribution in [0.15, 0.2) is 22.5 Å². The highest BCUT2D eigenvalue weighted by Gasteiger charge is 2.17. The van der Waals surface area contributed by atoms with E-state index in [4.69, 9.17) is 5.73 Å². The van der Waals surface area contributed by atoms with Crippen molar-refractivity contribution in [1.82, 2.24) is 10.2 Å². The Hall–Kier alpha value is -1.67. The third kappa shape index (κ3) is 3.67. The summed E-state index contributed by atoms with van der Waals surface area (Å²) in [6.07, 6.45) is 0. The fourth-order valence-corrected chi connectivity index (χ4v) is 3.17. The number of anilines is 2. The quantitative estimate of drug-likeness (QED) is 0.848. The third-order valence-corrected chi connectivity index (χ3v) is 4.44. The van der Waals surface area contributed by atoms with E-state index < -0.39 is 0 Å². The molecule has 0 spiro atoms. The van der Waals surface area contributed by atoms with E-state index >= 15 is 0 Å². The number of benzene rings is 1. The van der Waals surface area contributed by atoms with Crippen LogP contribution >= 0.6 is 23.1 Å². The average molecular weight is 312 g/mol. The highest BCUT2D eigenvalue weighted by Crippen LogP contribution is 2.28. The largest absolute Gasteiger partial charge is 0.374 e.